The topological polar surface area (TPSA) is 4.93 Å². The number of nitrogens with zero attached hydrogens (tertiary/aromatic N) is 1. The predicted octanol–water partition coefficient (Wildman–Crippen LogP) is 9.69. The van der Waals surface area contributed by atoms with Crippen LogP contribution >= 0.6 is 11.3 Å². The van der Waals surface area contributed by atoms with Crippen molar-refractivity contribution in [1.29, 1.82) is 0 Å². The van der Waals surface area contributed by atoms with E-state index in [1.807, 2.05) is 11.3 Å². The van der Waals surface area contributed by atoms with Gasteiger partial charge in [-0.2, -0.15) is 0 Å². The van der Waals surface area contributed by atoms with Crippen molar-refractivity contribution in [3.63, 3.8) is 0 Å². The SMILES string of the molecule is c1ccc(-c2ccccc2C(c2ccc3c(c2)c2ccccc2n3-c2ccccc2)c2cccs2)cc1. The zero-order valence-electron chi connectivity index (χ0n) is 20.3. The third kappa shape index (κ3) is 3.78. The second-order valence-electron chi connectivity index (χ2n) is 9.37. The van der Waals surface area contributed by atoms with Crippen molar-refractivity contribution in [2.75, 3.05) is 0 Å². The fourth-order valence-electron chi connectivity index (χ4n) is 5.61. The summed E-state index contributed by atoms with van der Waals surface area (Å²) in [6.45, 7) is 0. The summed E-state index contributed by atoms with van der Waals surface area (Å²) in [6.07, 6.45) is 0. The van der Waals surface area contributed by atoms with E-state index in [1.54, 1.807) is 0 Å². The molecule has 0 amide bonds. The molecule has 2 heteroatoms. The number of fused-ring (bicyclic) bond motifs is 3. The summed E-state index contributed by atoms with van der Waals surface area (Å²) in [5.41, 5.74) is 8.84. The average molecular weight is 492 g/mol. The van der Waals surface area contributed by atoms with Crippen LogP contribution in [-0.2, 0) is 0 Å². The molecule has 1 unspecified atom stereocenters. The van der Waals surface area contributed by atoms with Crippen LogP contribution in [0.15, 0.2) is 145 Å². The van der Waals surface area contributed by atoms with E-state index in [9.17, 15) is 0 Å². The van der Waals surface area contributed by atoms with Gasteiger partial charge in [-0.1, -0.05) is 103 Å². The van der Waals surface area contributed by atoms with Crippen LogP contribution in [0, 0.1) is 0 Å². The molecule has 7 aromatic rings. The summed E-state index contributed by atoms with van der Waals surface area (Å²) in [6, 6.07) is 50.5. The molecule has 0 aliphatic heterocycles. The van der Waals surface area contributed by atoms with E-state index < -0.39 is 0 Å². The maximum absolute atomic E-state index is 2.42. The lowest BCUT2D eigenvalue weighted by atomic mass is 9.84. The fraction of sp³-hybridized carbons (Fsp3) is 0.0286. The molecular weight excluding hydrogens is 466 g/mol. The average Bonchev–Trinajstić information content (AvgIpc) is 3.61. The third-order valence-electron chi connectivity index (χ3n) is 7.23. The Morgan fingerprint density at radius 2 is 1.24 bits per heavy atom. The zero-order chi connectivity index (χ0) is 24.6. The van der Waals surface area contributed by atoms with Crippen molar-refractivity contribution >= 4 is 33.1 Å². The summed E-state index contributed by atoms with van der Waals surface area (Å²) in [4.78, 5) is 1.36. The van der Waals surface area contributed by atoms with Gasteiger partial charge in [0.25, 0.3) is 0 Å². The van der Waals surface area contributed by atoms with Gasteiger partial charge in [-0.25, -0.2) is 0 Å². The quantitative estimate of drug-likeness (QED) is 0.226. The van der Waals surface area contributed by atoms with E-state index in [0.717, 1.165) is 0 Å². The van der Waals surface area contributed by atoms with Crippen LogP contribution in [-0.4, -0.2) is 4.57 Å². The highest BCUT2D eigenvalue weighted by atomic mass is 32.1. The maximum Gasteiger partial charge on any atom is 0.0541 e. The maximum atomic E-state index is 2.42. The Balaban J connectivity index is 1.48. The smallest absolute Gasteiger partial charge is 0.0541 e. The van der Waals surface area contributed by atoms with Gasteiger partial charge in [-0.05, 0) is 64.0 Å². The standard InChI is InChI=1S/C35H25NS/c1-3-12-25(13-4-1)28-16-7-8-18-30(28)35(34-20-11-23-37-34)26-21-22-33-31(24-26)29-17-9-10-19-32(29)36(33)27-14-5-2-6-15-27/h1-24,35H. The first-order valence-corrected chi connectivity index (χ1v) is 13.5. The summed E-state index contributed by atoms with van der Waals surface area (Å²) in [5.74, 6) is 0.152. The number of aromatic nitrogens is 1. The first-order valence-electron chi connectivity index (χ1n) is 12.6. The Hall–Kier alpha value is -4.40. The highest BCUT2D eigenvalue weighted by Gasteiger charge is 2.23. The lowest BCUT2D eigenvalue weighted by Gasteiger charge is -2.21. The van der Waals surface area contributed by atoms with Gasteiger partial charge in [0.05, 0.1) is 11.0 Å². The number of hydrogen-bond acceptors (Lipinski definition) is 1. The number of para-hydroxylation sites is 2. The lowest BCUT2D eigenvalue weighted by Crippen LogP contribution is -2.04. The highest BCUT2D eigenvalue weighted by Crippen LogP contribution is 2.42. The van der Waals surface area contributed by atoms with Crippen LogP contribution in [0.4, 0.5) is 0 Å². The molecule has 0 saturated heterocycles. The number of thiophene rings is 1. The first kappa shape index (κ1) is 21.8. The van der Waals surface area contributed by atoms with Gasteiger partial charge in [-0.3, -0.25) is 0 Å². The molecule has 7 rings (SSSR count). The Morgan fingerprint density at radius 3 is 2.05 bits per heavy atom. The molecule has 2 aromatic heterocycles. The molecule has 0 spiro atoms. The third-order valence-corrected chi connectivity index (χ3v) is 8.17. The largest absolute Gasteiger partial charge is 0.309 e. The van der Waals surface area contributed by atoms with Crippen molar-refractivity contribution in [2.45, 2.75) is 5.92 Å². The van der Waals surface area contributed by atoms with E-state index >= 15 is 0 Å². The lowest BCUT2D eigenvalue weighted by molar-refractivity contribution is 1.01. The number of benzene rings is 5. The summed E-state index contributed by atoms with van der Waals surface area (Å²) in [7, 11) is 0. The molecule has 2 heterocycles. The van der Waals surface area contributed by atoms with Gasteiger partial charge in [0, 0.05) is 27.3 Å². The molecule has 1 nitrogen and oxygen atoms in total. The Morgan fingerprint density at radius 1 is 0.541 bits per heavy atom. The molecule has 37 heavy (non-hydrogen) atoms. The molecule has 0 aliphatic carbocycles. The molecule has 0 fully saturated rings. The van der Waals surface area contributed by atoms with Crippen LogP contribution in [0.1, 0.15) is 21.9 Å². The number of rotatable bonds is 5. The molecule has 0 bridgehead atoms. The number of hydrogen-bond donors (Lipinski definition) is 0. The first-order chi connectivity index (χ1) is 18.4. The van der Waals surface area contributed by atoms with Crippen LogP contribution in [0.25, 0.3) is 38.6 Å². The van der Waals surface area contributed by atoms with Gasteiger partial charge in [0.1, 0.15) is 0 Å². The molecule has 0 radical (unpaired) electrons. The fourth-order valence-corrected chi connectivity index (χ4v) is 6.48. The van der Waals surface area contributed by atoms with Gasteiger partial charge in [0.2, 0.25) is 0 Å². The van der Waals surface area contributed by atoms with E-state index in [4.69, 9.17) is 0 Å². The van der Waals surface area contributed by atoms with E-state index in [0.29, 0.717) is 0 Å². The van der Waals surface area contributed by atoms with E-state index in [1.165, 1.54) is 54.6 Å². The minimum Gasteiger partial charge on any atom is -0.309 e. The minimum atomic E-state index is 0.152. The molecular formula is C35H25NS. The molecule has 0 saturated carbocycles. The molecule has 0 N–H and O–H groups in total. The monoisotopic (exact) mass is 491 g/mol. The van der Waals surface area contributed by atoms with Crippen molar-refractivity contribution in [3.05, 3.63) is 161 Å². The molecule has 5 aromatic carbocycles. The van der Waals surface area contributed by atoms with Crippen LogP contribution in [0.3, 0.4) is 0 Å². The van der Waals surface area contributed by atoms with Crippen LogP contribution < -0.4 is 0 Å². The summed E-state index contributed by atoms with van der Waals surface area (Å²) >= 11 is 1.83. The minimum absolute atomic E-state index is 0.152. The second kappa shape index (κ2) is 9.24. The Kier molecular flexibility index (Phi) is 5.45. The van der Waals surface area contributed by atoms with E-state index in [2.05, 4.69) is 149 Å². The van der Waals surface area contributed by atoms with Crippen molar-refractivity contribution in [1.82, 2.24) is 4.57 Å². The predicted molar refractivity (Wildman–Crippen MR) is 158 cm³/mol. The Bertz CT molecular complexity index is 1810. The molecule has 0 aliphatic rings. The van der Waals surface area contributed by atoms with Gasteiger partial charge >= 0.3 is 0 Å². The van der Waals surface area contributed by atoms with Gasteiger partial charge in [0.15, 0.2) is 0 Å². The normalized spacial score (nSPS) is 12.2. The zero-order valence-corrected chi connectivity index (χ0v) is 21.1. The summed E-state index contributed by atoms with van der Waals surface area (Å²) < 4.78 is 2.38. The van der Waals surface area contributed by atoms with Crippen LogP contribution in [0.2, 0.25) is 0 Å². The molecule has 176 valence electrons. The van der Waals surface area contributed by atoms with Crippen molar-refractivity contribution in [2.24, 2.45) is 0 Å². The van der Waals surface area contributed by atoms with Gasteiger partial charge in [-0.15, -0.1) is 11.3 Å². The van der Waals surface area contributed by atoms with Gasteiger partial charge < -0.3 is 4.57 Å². The Labute approximate surface area is 220 Å². The van der Waals surface area contributed by atoms with Crippen molar-refractivity contribution < 1.29 is 0 Å². The second-order valence-corrected chi connectivity index (χ2v) is 10.3. The van der Waals surface area contributed by atoms with Crippen LogP contribution in [0.5, 0.6) is 0 Å². The summed E-state index contributed by atoms with van der Waals surface area (Å²) in [5, 5.41) is 4.76. The van der Waals surface area contributed by atoms with Crippen molar-refractivity contribution in [3.8, 4) is 16.8 Å². The van der Waals surface area contributed by atoms with E-state index in [-0.39, 0.29) is 5.92 Å². The highest BCUT2D eigenvalue weighted by molar-refractivity contribution is 7.10. The molecule has 1 atom stereocenters.